The van der Waals surface area contributed by atoms with Gasteiger partial charge in [0.2, 0.25) is 0 Å². The van der Waals surface area contributed by atoms with Gasteiger partial charge in [0.15, 0.2) is 0 Å². The highest BCUT2D eigenvalue weighted by Crippen LogP contribution is 2.29. The van der Waals surface area contributed by atoms with Gasteiger partial charge in [0, 0.05) is 12.6 Å². The van der Waals surface area contributed by atoms with Crippen LogP contribution in [0.1, 0.15) is 57.1 Å². The predicted octanol–water partition coefficient (Wildman–Crippen LogP) is 4.75. The molecule has 2 unspecified atom stereocenters. The summed E-state index contributed by atoms with van der Waals surface area (Å²) in [6, 6.07) is 0.744. The maximum absolute atomic E-state index is 3.77. The Morgan fingerprint density at radius 2 is 2.06 bits per heavy atom. The van der Waals surface area contributed by atoms with Crippen LogP contribution in [0.2, 0.25) is 0 Å². The molecule has 1 aromatic heterocycles. The van der Waals surface area contributed by atoms with Gasteiger partial charge in [-0.25, -0.2) is 0 Å². The lowest BCUT2D eigenvalue weighted by Gasteiger charge is -2.19. The van der Waals surface area contributed by atoms with Crippen LogP contribution in [0.5, 0.6) is 0 Å². The third-order valence-corrected chi connectivity index (χ3v) is 5.41. The molecule has 1 aromatic rings. The third-order valence-electron chi connectivity index (χ3n) is 4.50. The van der Waals surface area contributed by atoms with E-state index in [0.717, 1.165) is 24.4 Å². The quantitative estimate of drug-likeness (QED) is 0.775. The molecule has 1 aliphatic rings. The van der Waals surface area contributed by atoms with E-state index in [1.54, 1.807) is 0 Å². The molecule has 1 N–H and O–H groups in total. The zero-order valence-corrected chi connectivity index (χ0v) is 12.9. The topological polar surface area (TPSA) is 12.0 Å². The molecule has 1 nitrogen and oxygen atoms in total. The highest BCUT2D eigenvalue weighted by molar-refractivity contribution is 7.08. The van der Waals surface area contributed by atoms with Gasteiger partial charge < -0.3 is 5.32 Å². The van der Waals surface area contributed by atoms with Crippen LogP contribution < -0.4 is 5.32 Å². The normalized spacial score (nSPS) is 25.3. The summed E-state index contributed by atoms with van der Waals surface area (Å²) in [5.74, 6) is 1.82. The Kier molecular flexibility index (Phi) is 5.25. The zero-order chi connectivity index (χ0) is 13.0. The summed E-state index contributed by atoms with van der Waals surface area (Å²) in [4.78, 5) is 0. The number of hydrogen-bond donors (Lipinski definition) is 1. The lowest BCUT2D eigenvalue weighted by molar-refractivity contribution is 0.337. The maximum atomic E-state index is 3.77. The first-order valence-corrected chi connectivity index (χ1v) is 8.36. The van der Waals surface area contributed by atoms with Crippen LogP contribution >= 0.6 is 11.3 Å². The molecule has 0 amide bonds. The average molecular weight is 265 g/mol. The highest BCUT2D eigenvalue weighted by atomic mass is 32.1. The molecule has 1 heterocycles. The van der Waals surface area contributed by atoms with Crippen molar-refractivity contribution in [2.75, 3.05) is 0 Å². The number of thiophene rings is 1. The molecule has 2 rings (SSSR count). The Morgan fingerprint density at radius 3 is 2.72 bits per heavy atom. The second kappa shape index (κ2) is 6.72. The Labute approximate surface area is 116 Å². The Bertz CT molecular complexity index is 356. The van der Waals surface area contributed by atoms with E-state index in [9.17, 15) is 0 Å². The number of nitrogens with one attached hydrogen (secondary N) is 1. The molecule has 1 saturated carbocycles. The number of aryl methyl sites for hydroxylation is 1. The van der Waals surface area contributed by atoms with E-state index in [2.05, 4.69) is 36.8 Å². The molecule has 18 heavy (non-hydrogen) atoms. The molecule has 0 radical (unpaired) electrons. The first-order chi connectivity index (χ1) is 8.66. The molecule has 0 bridgehead atoms. The van der Waals surface area contributed by atoms with Crippen LogP contribution in [0.4, 0.5) is 0 Å². The van der Waals surface area contributed by atoms with Gasteiger partial charge in [0.25, 0.3) is 0 Å². The molecule has 2 heteroatoms. The van der Waals surface area contributed by atoms with E-state index in [4.69, 9.17) is 0 Å². The summed E-state index contributed by atoms with van der Waals surface area (Å²) in [5.41, 5.74) is 2.94. The fraction of sp³-hybridized carbons (Fsp3) is 0.750. The van der Waals surface area contributed by atoms with Gasteiger partial charge in [-0.3, -0.25) is 0 Å². The zero-order valence-electron chi connectivity index (χ0n) is 12.0. The number of rotatable bonds is 4. The Morgan fingerprint density at radius 1 is 1.22 bits per heavy atom. The van der Waals surface area contributed by atoms with Crippen molar-refractivity contribution < 1.29 is 0 Å². The molecular weight excluding hydrogens is 238 g/mol. The summed E-state index contributed by atoms with van der Waals surface area (Å²) in [6.45, 7) is 8.04. The van der Waals surface area contributed by atoms with Crippen molar-refractivity contribution in [3.05, 3.63) is 21.9 Å². The third kappa shape index (κ3) is 3.83. The predicted molar refractivity (Wildman–Crippen MR) is 81.1 cm³/mol. The smallest absolute Gasteiger partial charge is 0.0218 e. The van der Waals surface area contributed by atoms with Crippen molar-refractivity contribution in [2.45, 2.75) is 65.5 Å². The molecule has 1 fully saturated rings. The standard InChI is InChI=1S/C16H27NS/c1-12(2)14-5-4-6-16(8-7-14)17-9-15-11-18-10-13(15)3/h10-12,14,16-17H,4-9H2,1-3H3. The van der Waals surface area contributed by atoms with Crippen LogP contribution in [-0.4, -0.2) is 6.04 Å². The first kappa shape index (κ1) is 14.1. The maximum Gasteiger partial charge on any atom is 0.0218 e. The second-order valence-electron chi connectivity index (χ2n) is 6.17. The molecule has 2 atom stereocenters. The van der Waals surface area contributed by atoms with Crippen LogP contribution in [-0.2, 0) is 6.54 Å². The Balaban J connectivity index is 1.79. The van der Waals surface area contributed by atoms with E-state index in [1.165, 1.54) is 43.2 Å². The minimum absolute atomic E-state index is 0.744. The van der Waals surface area contributed by atoms with E-state index in [-0.39, 0.29) is 0 Å². The van der Waals surface area contributed by atoms with Crippen molar-refractivity contribution in [2.24, 2.45) is 11.8 Å². The van der Waals surface area contributed by atoms with Gasteiger partial charge in [-0.15, -0.1) is 0 Å². The van der Waals surface area contributed by atoms with Crippen molar-refractivity contribution in [1.82, 2.24) is 5.32 Å². The van der Waals surface area contributed by atoms with Crippen molar-refractivity contribution >= 4 is 11.3 Å². The lowest BCUT2D eigenvalue weighted by Crippen LogP contribution is -2.28. The van der Waals surface area contributed by atoms with Crippen LogP contribution in [0.3, 0.4) is 0 Å². The Hall–Kier alpha value is -0.340. The van der Waals surface area contributed by atoms with E-state index in [1.807, 2.05) is 11.3 Å². The van der Waals surface area contributed by atoms with Crippen LogP contribution in [0.15, 0.2) is 10.8 Å². The van der Waals surface area contributed by atoms with Crippen LogP contribution in [0, 0.1) is 18.8 Å². The molecular formula is C16H27NS. The molecule has 102 valence electrons. The van der Waals surface area contributed by atoms with Crippen molar-refractivity contribution in [1.29, 1.82) is 0 Å². The van der Waals surface area contributed by atoms with E-state index in [0.29, 0.717) is 0 Å². The summed E-state index contributed by atoms with van der Waals surface area (Å²) in [6.07, 6.45) is 6.99. The van der Waals surface area contributed by atoms with Gasteiger partial charge in [-0.05, 0) is 59.9 Å². The molecule has 0 saturated heterocycles. The first-order valence-electron chi connectivity index (χ1n) is 7.42. The second-order valence-corrected chi connectivity index (χ2v) is 6.91. The minimum Gasteiger partial charge on any atom is -0.310 e. The molecule has 1 aliphatic carbocycles. The van der Waals surface area contributed by atoms with Gasteiger partial charge >= 0.3 is 0 Å². The van der Waals surface area contributed by atoms with Crippen molar-refractivity contribution in [3.63, 3.8) is 0 Å². The van der Waals surface area contributed by atoms with Crippen molar-refractivity contribution in [3.8, 4) is 0 Å². The van der Waals surface area contributed by atoms with Gasteiger partial charge in [0.05, 0.1) is 0 Å². The van der Waals surface area contributed by atoms with Crippen LogP contribution in [0.25, 0.3) is 0 Å². The summed E-state index contributed by atoms with van der Waals surface area (Å²) in [7, 11) is 0. The van der Waals surface area contributed by atoms with Gasteiger partial charge in [0.1, 0.15) is 0 Å². The van der Waals surface area contributed by atoms with Gasteiger partial charge in [-0.1, -0.05) is 26.7 Å². The fourth-order valence-electron chi connectivity index (χ4n) is 3.02. The largest absolute Gasteiger partial charge is 0.310 e. The molecule has 0 spiro atoms. The fourth-order valence-corrected chi connectivity index (χ4v) is 3.88. The highest BCUT2D eigenvalue weighted by Gasteiger charge is 2.20. The molecule has 0 aliphatic heterocycles. The summed E-state index contributed by atoms with van der Waals surface area (Å²) >= 11 is 1.82. The van der Waals surface area contributed by atoms with E-state index < -0.39 is 0 Å². The summed E-state index contributed by atoms with van der Waals surface area (Å²) in [5, 5.41) is 8.31. The minimum atomic E-state index is 0.744. The number of hydrogen-bond acceptors (Lipinski definition) is 2. The monoisotopic (exact) mass is 265 g/mol. The van der Waals surface area contributed by atoms with E-state index >= 15 is 0 Å². The van der Waals surface area contributed by atoms with Gasteiger partial charge in [-0.2, -0.15) is 11.3 Å². The SMILES string of the molecule is Cc1cscc1CNC1CCCC(C(C)C)CC1. The summed E-state index contributed by atoms with van der Waals surface area (Å²) < 4.78 is 0. The lowest BCUT2D eigenvalue weighted by atomic mass is 9.89. The molecule has 0 aromatic carbocycles. The average Bonchev–Trinajstić information content (AvgIpc) is 2.62.